The third-order valence-electron chi connectivity index (χ3n) is 7.46. The Balaban J connectivity index is 1.59. The van der Waals surface area contributed by atoms with Gasteiger partial charge in [0.1, 0.15) is 5.69 Å². The minimum absolute atomic E-state index is 0.0243. The van der Waals surface area contributed by atoms with Gasteiger partial charge in [-0.15, -0.1) is 5.10 Å². The second-order valence-electron chi connectivity index (χ2n) is 10.9. The number of nitrogens with one attached hydrogen (secondary N) is 1. The number of nitrogens with zero attached hydrogens (tertiary/aromatic N) is 5. The first-order valence-electron chi connectivity index (χ1n) is 14.1. The molecule has 39 heavy (non-hydrogen) atoms. The monoisotopic (exact) mass is 562 g/mol. The first kappa shape index (κ1) is 29.9. The molecule has 3 atom stereocenters. The van der Waals surface area contributed by atoms with E-state index < -0.39 is 6.23 Å². The van der Waals surface area contributed by atoms with Crippen molar-refractivity contribution in [2.24, 2.45) is 11.8 Å². The Labute approximate surface area is 236 Å². The van der Waals surface area contributed by atoms with Crippen molar-refractivity contribution in [1.29, 1.82) is 0 Å². The van der Waals surface area contributed by atoms with Crippen LogP contribution in [0, 0.1) is 11.8 Å². The minimum Gasteiger partial charge on any atom is -0.385 e. The zero-order chi connectivity index (χ0) is 27.8. The number of hydrogen-bond donors (Lipinski definition) is 2. The predicted octanol–water partition coefficient (Wildman–Crippen LogP) is 2.68. The molecule has 2 aromatic rings. The van der Waals surface area contributed by atoms with E-state index in [1.165, 1.54) is 0 Å². The fraction of sp³-hybridized carbons (Fsp3) is 0.679. The predicted molar refractivity (Wildman–Crippen MR) is 150 cm³/mol. The standard InChI is InChI=1S/C28H43ClN6O4/c1-20(2)19-34(24-15-21(17-30-18-24)27(36)33-10-13-39-14-11-33)28(37)26-25(9-4-5-12-38-3)35(32-31-26)23-8-6-7-22(29)16-23/h6-8,16,20-21,24,28,30,37H,4-5,9-15,17-19H2,1-3H3/t21-,24+,28?/m1/s1. The van der Waals surface area contributed by atoms with Crippen LogP contribution < -0.4 is 5.32 Å². The van der Waals surface area contributed by atoms with E-state index in [0.717, 1.165) is 24.2 Å². The first-order valence-corrected chi connectivity index (χ1v) is 14.5. The van der Waals surface area contributed by atoms with Crippen molar-refractivity contribution < 1.29 is 19.4 Å². The van der Waals surface area contributed by atoms with E-state index in [4.69, 9.17) is 21.1 Å². The summed E-state index contributed by atoms with van der Waals surface area (Å²) in [6.07, 6.45) is 2.17. The number of aliphatic hydroxyl groups excluding tert-OH is 1. The highest BCUT2D eigenvalue weighted by Crippen LogP contribution is 2.30. The number of aliphatic hydroxyl groups is 1. The maximum atomic E-state index is 13.3. The number of halogens is 1. The Bertz CT molecular complexity index is 1060. The van der Waals surface area contributed by atoms with Crippen molar-refractivity contribution in [2.75, 3.05) is 59.7 Å². The van der Waals surface area contributed by atoms with Gasteiger partial charge in [0.25, 0.3) is 0 Å². The molecule has 0 radical (unpaired) electrons. The molecule has 11 heteroatoms. The van der Waals surface area contributed by atoms with Gasteiger partial charge in [-0.1, -0.05) is 36.7 Å². The van der Waals surface area contributed by atoms with Gasteiger partial charge in [-0.05, 0) is 49.8 Å². The Morgan fingerprint density at radius 1 is 1.28 bits per heavy atom. The summed E-state index contributed by atoms with van der Waals surface area (Å²) in [7, 11) is 1.70. The number of hydrogen-bond acceptors (Lipinski definition) is 8. The molecule has 10 nitrogen and oxygen atoms in total. The van der Waals surface area contributed by atoms with Crippen LogP contribution in [0.15, 0.2) is 24.3 Å². The highest BCUT2D eigenvalue weighted by molar-refractivity contribution is 6.30. The van der Waals surface area contributed by atoms with Crippen LogP contribution in [0.4, 0.5) is 0 Å². The van der Waals surface area contributed by atoms with Crippen molar-refractivity contribution >= 4 is 17.5 Å². The maximum absolute atomic E-state index is 13.3. The number of morpholine rings is 1. The topological polar surface area (TPSA) is 105 Å². The number of unbranched alkanes of at least 4 members (excludes halogenated alkanes) is 1. The van der Waals surface area contributed by atoms with Crippen molar-refractivity contribution in [3.8, 4) is 5.69 Å². The second-order valence-corrected chi connectivity index (χ2v) is 11.3. The maximum Gasteiger partial charge on any atom is 0.227 e. The van der Waals surface area contributed by atoms with Gasteiger partial charge in [-0.3, -0.25) is 9.69 Å². The van der Waals surface area contributed by atoms with Crippen molar-refractivity contribution in [3.05, 3.63) is 40.7 Å². The lowest BCUT2D eigenvalue weighted by molar-refractivity contribution is -0.141. The smallest absolute Gasteiger partial charge is 0.227 e. The molecule has 1 aromatic heterocycles. The van der Waals surface area contributed by atoms with Crippen LogP contribution in [0.5, 0.6) is 0 Å². The van der Waals surface area contributed by atoms with E-state index >= 15 is 0 Å². The third-order valence-corrected chi connectivity index (χ3v) is 7.70. The Morgan fingerprint density at radius 3 is 2.79 bits per heavy atom. The van der Waals surface area contributed by atoms with Crippen LogP contribution in [-0.2, 0) is 20.7 Å². The van der Waals surface area contributed by atoms with Crippen molar-refractivity contribution in [2.45, 2.75) is 51.8 Å². The van der Waals surface area contributed by atoms with Crippen molar-refractivity contribution in [3.63, 3.8) is 0 Å². The summed E-state index contributed by atoms with van der Waals surface area (Å²) < 4.78 is 12.5. The number of benzene rings is 1. The Hall–Kier alpha value is -2.08. The number of carbonyl (C=O) groups is 1. The van der Waals surface area contributed by atoms with Crippen molar-refractivity contribution in [1.82, 2.24) is 30.1 Å². The quantitative estimate of drug-likeness (QED) is 0.300. The summed E-state index contributed by atoms with van der Waals surface area (Å²) in [6, 6.07) is 7.47. The average Bonchev–Trinajstić information content (AvgIpc) is 3.37. The lowest BCUT2D eigenvalue weighted by atomic mass is 9.92. The van der Waals surface area contributed by atoms with Gasteiger partial charge in [-0.2, -0.15) is 0 Å². The fourth-order valence-electron chi connectivity index (χ4n) is 5.53. The minimum atomic E-state index is -0.957. The zero-order valence-electron chi connectivity index (χ0n) is 23.4. The van der Waals surface area contributed by atoms with E-state index in [9.17, 15) is 9.90 Å². The molecule has 0 aliphatic carbocycles. The van der Waals surface area contributed by atoms with E-state index in [1.807, 2.05) is 29.2 Å². The van der Waals surface area contributed by atoms with Crippen LogP contribution in [0.2, 0.25) is 5.02 Å². The highest BCUT2D eigenvalue weighted by atomic mass is 35.5. The SMILES string of the molecule is COCCCCc1c(C(O)N(CC(C)C)[C@@H]2CNC[C@H](C(=O)N3CCOCC3)C2)nnn1-c1cccc(Cl)c1. The number of aromatic nitrogens is 3. The number of ether oxygens (including phenoxy) is 2. The molecular weight excluding hydrogens is 520 g/mol. The largest absolute Gasteiger partial charge is 0.385 e. The van der Waals surface area contributed by atoms with Gasteiger partial charge in [-0.25, -0.2) is 4.68 Å². The normalized spacial score (nSPS) is 21.1. The van der Waals surface area contributed by atoms with Gasteiger partial charge in [0.2, 0.25) is 5.91 Å². The van der Waals surface area contributed by atoms with Crippen LogP contribution >= 0.6 is 11.6 Å². The molecule has 1 aromatic carbocycles. The Morgan fingerprint density at radius 2 is 2.08 bits per heavy atom. The molecule has 2 aliphatic heterocycles. The van der Waals surface area contributed by atoms with Gasteiger partial charge in [0, 0.05) is 57.5 Å². The summed E-state index contributed by atoms with van der Waals surface area (Å²) in [6.45, 7) is 9.40. The molecular formula is C28H43ClN6O4. The van der Waals surface area contributed by atoms with Gasteiger partial charge in [0.15, 0.2) is 6.23 Å². The molecule has 0 spiro atoms. The molecule has 2 saturated heterocycles. The molecule has 1 amide bonds. The second kappa shape index (κ2) is 14.5. The van der Waals surface area contributed by atoms with E-state index in [0.29, 0.717) is 82.0 Å². The molecule has 2 fully saturated rings. The van der Waals surface area contributed by atoms with Gasteiger partial charge in [0.05, 0.1) is 30.5 Å². The molecule has 4 rings (SSSR count). The molecule has 3 heterocycles. The molecule has 2 aliphatic rings. The van der Waals surface area contributed by atoms with E-state index in [-0.39, 0.29) is 17.9 Å². The van der Waals surface area contributed by atoms with Crippen LogP contribution in [-0.4, -0.2) is 102 Å². The summed E-state index contributed by atoms with van der Waals surface area (Å²) in [5, 5.41) is 24.9. The first-order chi connectivity index (χ1) is 18.9. The summed E-state index contributed by atoms with van der Waals surface area (Å²) in [5.41, 5.74) is 2.22. The van der Waals surface area contributed by atoms with Gasteiger partial charge >= 0.3 is 0 Å². The lowest BCUT2D eigenvalue weighted by Gasteiger charge is -2.41. The molecule has 216 valence electrons. The number of amides is 1. The van der Waals surface area contributed by atoms with E-state index in [2.05, 4.69) is 34.4 Å². The molecule has 1 unspecified atom stereocenters. The summed E-state index contributed by atoms with van der Waals surface area (Å²) >= 11 is 6.29. The Kier molecular flexibility index (Phi) is 11.1. The lowest BCUT2D eigenvalue weighted by Crippen LogP contribution is -2.55. The molecule has 2 N–H and O–H groups in total. The van der Waals surface area contributed by atoms with Crippen LogP contribution in [0.25, 0.3) is 5.69 Å². The van der Waals surface area contributed by atoms with Crippen LogP contribution in [0.3, 0.4) is 0 Å². The zero-order valence-corrected chi connectivity index (χ0v) is 24.1. The van der Waals surface area contributed by atoms with E-state index in [1.54, 1.807) is 11.8 Å². The summed E-state index contributed by atoms with van der Waals surface area (Å²) in [5.74, 6) is 0.336. The highest BCUT2D eigenvalue weighted by Gasteiger charge is 2.37. The average molecular weight is 563 g/mol. The summed E-state index contributed by atoms with van der Waals surface area (Å²) in [4.78, 5) is 17.3. The number of carbonyl (C=O) groups excluding carboxylic acids is 1. The van der Waals surface area contributed by atoms with Crippen LogP contribution in [0.1, 0.15) is 50.7 Å². The number of piperidine rings is 1. The number of methoxy groups -OCH3 is 1. The number of rotatable bonds is 12. The molecule has 0 bridgehead atoms. The third kappa shape index (κ3) is 7.77. The fourth-order valence-corrected chi connectivity index (χ4v) is 5.72. The molecule has 0 saturated carbocycles. The van der Waals surface area contributed by atoms with Gasteiger partial charge < -0.3 is 24.8 Å².